The Hall–Kier alpha value is -2.73. The summed E-state index contributed by atoms with van der Waals surface area (Å²) in [6.45, 7) is 5.72. The summed E-state index contributed by atoms with van der Waals surface area (Å²) in [6.07, 6.45) is 4.95. The lowest BCUT2D eigenvalue weighted by Gasteiger charge is -2.42. The number of pyridine rings is 1. The molecule has 0 radical (unpaired) electrons. The molecule has 0 bridgehead atoms. The zero-order valence-electron chi connectivity index (χ0n) is 17.7. The summed E-state index contributed by atoms with van der Waals surface area (Å²) in [5.74, 6) is -0.0534. The van der Waals surface area contributed by atoms with Gasteiger partial charge in [0.25, 0.3) is 5.91 Å². The first-order valence-electron chi connectivity index (χ1n) is 10.9. The van der Waals surface area contributed by atoms with Gasteiger partial charge in [0.15, 0.2) is 0 Å². The fourth-order valence-corrected chi connectivity index (χ4v) is 4.72. The van der Waals surface area contributed by atoms with E-state index in [-0.39, 0.29) is 18.5 Å². The summed E-state index contributed by atoms with van der Waals surface area (Å²) >= 11 is 0. The number of carbonyl (C=O) groups is 2. The normalized spacial score (nSPS) is 19.1. The first-order valence-corrected chi connectivity index (χ1v) is 10.9. The van der Waals surface area contributed by atoms with Crippen molar-refractivity contribution in [2.45, 2.75) is 44.7 Å². The number of hydrogen-bond acceptors (Lipinski definition) is 4. The largest absolute Gasteiger partial charge is 0.328 e. The van der Waals surface area contributed by atoms with E-state index in [9.17, 15) is 9.59 Å². The van der Waals surface area contributed by atoms with Gasteiger partial charge in [-0.1, -0.05) is 43.3 Å². The van der Waals surface area contributed by atoms with E-state index in [4.69, 9.17) is 0 Å². The third-order valence-electron chi connectivity index (χ3n) is 6.36. The minimum Gasteiger partial charge on any atom is -0.309 e. The van der Waals surface area contributed by atoms with Crippen LogP contribution in [0.15, 0.2) is 54.7 Å². The third-order valence-corrected chi connectivity index (χ3v) is 6.36. The van der Waals surface area contributed by atoms with E-state index in [1.54, 1.807) is 6.20 Å². The van der Waals surface area contributed by atoms with E-state index in [1.165, 1.54) is 10.5 Å². The minimum absolute atomic E-state index is 0.0534. The molecule has 4 rings (SSSR count). The average Bonchev–Trinajstić information content (AvgIpc) is 2.97. The van der Waals surface area contributed by atoms with Crippen molar-refractivity contribution in [3.8, 4) is 0 Å². The van der Waals surface area contributed by atoms with Crippen molar-refractivity contribution in [3.63, 3.8) is 0 Å². The number of urea groups is 1. The molecule has 6 heteroatoms. The molecule has 6 nitrogen and oxygen atoms in total. The van der Waals surface area contributed by atoms with Crippen molar-refractivity contribution in [3.05, 3.63) is 66.0 Å². The van der Waals surface area contributed by atoms with Crippen LogP contribution in [0.3, 0.4) is 0 Å². The maximum atomic E-state index is 13.6. The van der Waals surface area contributed by atoms with Crippen molar-refractivity contribution >= 4 is 11.9 Å². The van der Waals surface area contributed by atoms with Crippen LogP contribution in [-0.4, -0.2) is 63.3 Å². The van der Waals surface area contributed by atoms with E-state index >= 15 is 0 Å². The van der Waals surface area contributed by atoms with Crippen LogP contribution in [0.2, 0.25) is 0 Å². The molecule has 0 saturated carbocycles. The molecule has 158 valence electrons. The number of imide groups is 1. The fourth-order valence-electron chi connectivity index (χ4n) is 4.72. The molecule has 1 spiro atoms. The first-order chi connectivity index (χ1) is 14.6. The SMILES string of the molecule is CCCN1CCC2(CC1)C(=O)N(Cc1ccccn1)C(=O)N2CCc1ccccc1. The molecule has 1 aromatic carbocycles. The summed E-state index contributed by atoms with van der Waals surface area (Å²) in [7, 11) is 0. The second-order valence-electron chi connectivity index (χ2n) is 8.26. The topological polar surface area (TPSA) is 56.8 Å². The first kappa shape index (κ1) is 20.5. The Kier molecular flexibility index (Phi) is 6.13. The average molecular weight is 407 g/mol. The summed E-state index contributed by atoms with van der Waals surface area (Å²) in [4.78, 5) is 37.0. The maximum Gasteiger partial charge on any atom is 0.328 e. The van der Waals surface area contributed by atoms with Gasteiger partial charge in [0.05, 0.1) is 12.2 Å². The molecule has 2 saturated heterocycles. The maximum absolute atomic E-state index is 13.6. The van der Waals surface area contributed by atoms with Gasteiger partial charge in [-0.3, -0.25) is 14.7 Å². The molecule has 2 aliphatic heterocycles. The second-order valence-corrected chi connectivity index (χ2v) is 8.26. The minimum atomic E-state index is -0.717. The van der Waals surface area contributed by atoms with Crippen molar-refractivity contribution < 1.29 is 9.59 Å². The van der Waals surface area contributed by atoms with Gasteiger partial charge in [0, 0.05) is 25.8 Å². The Morgan fingerprint density at radius 1 is 0.967 bits per heavy atom. The number of benzene rings is 1. The van der Waals surface area contributed by atoms with Crippen LogP contribution in [0.25, 0.3) is 0 Å². The van der Waals surface area contributed by atoms with Crippen LogP contribution >= 0.6 is 0 Å². The van der Waals surface area contributed by atoms with Crippen LogP contribution in [-0.2, 0) is 17.8 Å². The predicted octanol–water partition coefficient (Wildman–Crippen LogP) is 3.33. The summed E-state index contributed by atoms with van der Waals surface area (Å²) in [5.41, 5.74) is 1.20. The molecule has 0 N–H and O–H groups in total. The Morgan fingerprint density at radius 2 is 1.70 bits per heavy atom. The molecule has 3 heterocycles. The molecule has 0 unspecified atom stereocenters. The Labute approximate surface area is 178 Å². The van der Waals surface area contributed by atoms with Crippen molar-refractivity contribution in [2.75, 3.05) is 26.2 Å². The molecule has 3 amide bonds. The smallest absolute Gasteiger partial charge is 0.309 e. The second kappa shape index (κ2) is 8.96. The number of amides is 3. The quantitative estimate of drug-likeness (QED) is 0.662. The zero-order chi connectivity index (χ0) is 21.0. The number of piperidine rings is 1. The molecular formula is C24H30N4O2. The highest BCUT2D eigenvalue weighted by molar-refractivity contribution is 6.07. The van der Waals surface area contributed by atoms with E-state index in [0.29, 0.717) is 19.4 Å². The molecular weight excluding hydrogens is 376 g/mol. The standard InChI is InChI=1S/C24H30N4O2/c1-2-15-26-17-12-24(13-18-26)22(29)27(19-21-10-6-7-14-25-21)23(30)28(24)16-11-20-8-4-3-5-9-20/h3-10,14H,2,11-13,15-19H2,1H3. The van der Waals surface area contributed by atoms with Gasteiger partial charge >= 0.3 is 6.03 Å². The van der Waals surface area contributed by atoms with Gasteiger partial charge < -0.3 is 9.80 Å². The number of nitrogens with zero attached hydrogens (tertiary/aromatic N) is 4. The number of carbonyl (C=O) groups excluding carboxylic acids is 2. The summed E-state index contributed by atoms with van der Waals surface area (Å²) in [5, 5.41) is 0. The Bertz CT molecular complexity index is 863. The van der Waals surface area contributed by atoms with Crippen molar-refractivity contribution in [1.29, 1.82) is 0 Å². The highest BCUT2D eigenvalue weighted by Crippen LogP contribution is 2.38. The van der Waals surface area contributed by atoms with E-state index in [2.05, 4.69) is 28.9 Å². The number of hydrogen-bond donors (Lipinski definition) is 0. The molecule has 1 aromatic heterocycles. The van der Waals surface area contributed by atoms with E-state index in [0.717, 1.165) is 38.2 Å². The fraction of sp³-hybridized carbons (Fsp3) is 0.458. The van der Waals surface area contributed by atoms with Gasteiger partial charge in [0.2, 0.25) is 0 Å². The van der Waals surface area contributed by atoms with Gasteiger partial charge in [-0.15, -0.1) is 0 Å². The molecule has 0 aliphatic carbocycles. The molecule has 0 atom stereocenters. The molecule has 2 aliphatic rings. The predicted molar refractivity (Wildman–Crippen MR) is 116 cm³/mol. The molecule has 2 aromatic rings. The van der Waals surface area contributed by atoms with E-state index < -0.39 is 5.54 Å². The van der Waals surface area contributed by atoms with Crippen molar-refractivity contribution in [1.82, 2.24) is 19.7 Å². The Balaban J connectivity index is 1.57. The lowest BCUT2D eigenvalue weighted by molar-refractivity contribution is -0.136. The molecule has 30 heavy (non-hydrogen) atoms. The van der Waals surface area contributed by atoms with Crippen LogP contribution < -0.4 is 0 Å². The van der Waals surface area contributed by atoms with Gasteiger partial charge in [-0.2, -0.15) is 0 Å². The Morgan fingerprint density at radius 3 is 2.37 bits per heavy atom. The summed E-state index contributed by atoms with van der Waals surface area (Å²) in [6, 6.07) is 15.6. The van der Waals surface area contributed by atoms with Crippen LogP contribution in [0.5, 0.6) is 0 Å². The third kappa shape index (κ3) is 3.97. The van der Waals surface area contributed by atoms with Gasteiger partial charge in [0.1, 0.15) is 5.54 Å². The molecule has 2 fully saturated rings. The zero-order valence-corrected chi connectivity index (χ0v) is 17.7. The van der Waals surface area contributed by atoms with Crippen LogP contribution in [0, 0.1) is 0 Å². The summed E-state index contributed by atoms with van der Waals surface area (Å²) < 4.78 is 0. The number of likely N-dealkylation sites (tertiary alicyclic amines) is 1. The van der Waals surface area contributed by atoms with E-state index in [1.807, 2.05) is 41.3 Å². The van der Waals surface area contributed by atoms with Crippen LogP contribution in [0.1, 0.15) is 37.4 Å². The highest BCUT2D eigenvalue weighted by atomic mass is 16.2. The van der Waals surface area contributed by atoms with Gasteiger partial charge in [-0.05, 0) is 49.9 Å². The number of rotatable bonds is 7. The number of aromatic nitrogens is 1. The lowest BCUT2D eigenvalue weighted by atomic mass is 9.85. The highest BCUT2D eigenvalue weighted by Gasteiger charge is 2.57. The van der Waals surface area contributed by atoms with Crippen LogP contribution in [0.4, 0.5) is 4.79 Å². The lowest BCUT2D eigenvalue weighted by Crippen LogP contribution is -2.57. The monoisotopic (exact) mass is 406 g/mol. The van der Waals surface area contributed by atoms with Gasteiger partial charge in [-0.25, -0.2) is 4.79 Å². The van der Waals surface area contributed by atoms with Crippen molar-refractivity contribution in [2.24, 2.45) is 0 Å².